The number of carboxylic acid groups (broad SMARTS) is 1. The van der Waals surface area contributed by atoms with Crippen LogP contribution in [-0.4, -0.2) is 30.4 Å². The standard InChI is InChI=1S/C12H15ClO5/c1-17-9-6-8(13)7(4-3-5-10(14)15)11(16)12(9)18-2/h6,16H,3-5H2,1-2H3,(H,14,15). The molecule has 0 aliphatic carbocycles. The Kier molecular flexibility index (Phi) is 5.09. The van der Waals surface area contributed by atoms with Gasteiger partial charge in [-0.2, -0.15) is 0 Å². The van der Waals surface area contributed by atoms with Crippen LogP contribution in [0.1, 0.15) is 18.4 Å². The van der Waals surface area contributed by atoms with Gasteiger partial charge in [-0.05, 0) is 12.8 Å². The van der Waals surface area contributed by atoms with Crippen LogP contribution < -0.4 is 9.47 Å². The lowest BCUT2D eigenvalue weighted by Gasteiger charge is -2.14. The van der Waals surface area contributed by atoms with E-state index in [1.165, 1.54) is 20.3 Å². The summed E-state index contributed by atoms with van der Waals surface area (Å²) in [6.45, 7) is 0. The Balaban J connectivity index is 3.00. The third-order valence-electron chi connectivity index (χ3n) is 2.51. The van der Waals surface area contributed by atoms with E-state index in [0.717, 1.165) is 0 Å². The summed E-state index contributed by atoms with van der Waals surface area (Å²) in [7, 11) is 2.85. The number of aromatic hydroxyl groups is 1. The Morgan fingerprint density at radius 2 is 2.06 bits per heavy atom. The van der Waals surface area contributed by atoms with Crippen LogP contribution in [0.2, 0.25) is 5.02 Å². The highest BCUT2D eigenvalue weighted by Gasteiger charge is 2.18. The molecule has 0 aliphatic rings. The van der Waals surface area contributed by atoms with E-state index in [1.807, 2.05) is 0 Å². The molecule has 2 N–H and O–H groups in total. The lowest BCUT2D eigenvalue weighted by molar-refractivity contribution is -0.137. The Bertz CT molecular complexity index is 445. The molecule has 0 unspecified atom stereocenters. The van der Waals surface area contributed by atoms with E-state index in [9.17, 15) is 9.90 Å². The highest BCUT2D eigenvalue weighted by Crippen LogP contribution is 2.43. The molecule has 1 aromatic rings. The maximum absolute atomic E-state index is 10.4. The lowest BCUT2D eigenvalue weighted by Crippen LogP contribution is -1.99. The third-order valence-corrected chi connectivity index (χ3v) is 2.85. The molecular weight excluding hydrogens is 260 g/mol. The van der Waals surface area contributed by atoms with Crippen LogP contribution in [0.5, 0.6) is 17.2 Å². The first kappa shape index (κ1) is 14.4. The van der Waals surface area contributed by atoms with Gasteiger partial charge in [-0.25, -0.2) is 0 Å². The van der Waals surface area contributed by atoms with E-state index in [0.29, 0.717) is 29.2 Å². The van der Waals surface area contributed by atoms with Crippen LogP contribution >= 0.6 is 11.6 Å². The third kappa shape index (κ3) is 3.20. The van der Waals surface area contributed by atoms with Crippen molar-refractivity contribution in [2.24, 2.45) is 0 Å². The minimum absolute atomic E-state index is 0.0180. The summed E-state index contributed by atoms with van der Waals surface area (Å²) in [6.07, 6.45) is 0.763. The molecule has 0 heterocycles. The molecule has 6 heteroatoms. The first-order chi connectivity index (χ1) is 8.51. The number of rotatable bonds is 6. The van der Waals surface area contributed by atoms with Gasteiger partial charge in [0.25, 0.3) is 0 Å². The Labute approximate surface area is 110 Å². The molecule has 0 atom stereocenters. The number of aliphatic carboxylic acids is 1. The van der Waals surface area contributed by atoms with Crippen molar-refractivity contribution < 1.29 is 24.5 Å². The summed E-state index contributed by atoms with van der Waals surface area (Å²) in [4.78, 5) is 10.4. The van der Waals surface area contributed by atoms with Gasteiger partial charge in [0, 0.05) is 18.1 Å². The molecule has 5 nitrogen and oxygen atoms in total. The first-order valence-electron chi connectivity index (χ1n) is 5.35. The minimum Gasteiger partial charge on any atom is -0.504 e. The Morgan fingerprint density at radius 3 is 2.56 bits per heavy atom. The van der Waals surface area contributed by atoms with Gasteiger partial charge in [0.2, 0.25) is 5.75 Å². The maximum atomic E-state index is 10.4. The van der Waals surface area contributed by atoms with Crippen molar-refractivity contribution in [2.45, 2.75) is 19.3 Å². The fourth-order valence-corrected chi connectivity index (χ4v) is 1.92. The number of phenols is 1. The summed E-state index contributed by atoms with van der Waals surface area (Å²) in [6, 6.07) is 1.54. The molecule has 0 bridgehead atoms. The van der Waals surface area contributed by atoms with Gasteiger partial charge >= 0.3 is 5.97 Å². The summed E-state index contributed by atoms with van der Waals surface area (Å²) in [5.74, 6) is -0.451. The average Bonchev–Trinajstić information content (AvgIpc) is 2.32. The number of phenolic OH excluding ortho intramolecular Hbond substituents is 1. The number of carboxylic acids is 1. The zero-order chi connectivity index (χ0) is 13.7. The fourth-order valence-electron chi connectivity index (χ4n) is 1.64. The zero-order valence-corrected chi connectivity index (χ0v) is 11.0. The minimum atomic E-state index is -0.883. The van der Waals surface area contributed by atoms with Gasteiger partial charge in [-0.15, -0.1) is 0 Å². The summed E-state index contributed by atoms with van der Waals surface area (Å²) >= 11 is 6.01. The molecule has 1 rings (SSSR count). The molecule has 0 spiro atoms. The average molecular weight is 275 g/mol. The monoisotopic (exact) mass is 274 g/mol. The number of methoxy groups -OCH3 is 2. The van der Waals surface area contributed by atoms with Crippen LogP contribution in [-0.2, 0) is 11.2 Å². The molecule has 0 saturated carbocycles. The van der Waals surface area contributed by atoms with Gasteiger partial charge in [0.15, 0.2) is 11.5 Å². The first-order valence-corrected chi connectivity index (χ1v) is 5.73. The number of hydrogen-bond acceptors (Lipinski definition) is 4. The van der Waals surface area contributed by atoms with Crippen molar-refractivity contribution in [2.75, 3.05) is 14.2 Å². The van der Waals surface area contributed by atoms with Crippen LogP contribution in [0.4, 0.5) is 0 Å². The fraction of sp³-hybridized carbons (Fsp3) is 0.417. The van der Waals surface area contributed by atoms with Crippen LogP contribution in [0.3, 0.4) is 0 Å². The van der Waals surface area contributed by atoms with Crippen LogP contribution in [0, 0.1) is 0 Å². The van der Waals surface area contributed by atoms with Crippen molar-refractivity contribution in [3.8, 4) is 17.2 Å². The molecule has 100 valence electrons. The van der Waals surface area contributed by atoms with E-state index in [1.54, 1.807) is 0 Å². The summed E-state index contributed by atoms with van der Waals surface area (Å²) in [5.41, 5.74) is 0.468. The maximum Gasteiger partial charge on any atom is 0.303 e. The van der Waals surface area contributed by atoms with Crippen LogP contribution in [0.25, 0.3) is 0 Å². The van der Waals surface area contributed by atoms with Crippen molar-refractivity contribution in [3.05, 3.63) is 16.7 Å². The smallest absolute Gasteiger partial charge is 0.303 e. The van der Waals surface area contributed by atoms with Gasteiger partial charge in [0.05, 0.1) is 19.2 Å². The second-order valence-electron chi connectivity index (χ2n) is 3.67. The molecule has 18 heavy (non-hydrogen) atoms. The zero-order valence-electron chi connectivity index (χ0n) is 10.2. The van der Waals surface area contributed by atoms with Crippen LogP contribution in [0.15, 0.2) is 6.07 Å². The van der Waals surface area contributed by atoms with Gasteiger partial charge in [-0.1, -0.05) is 11.6 Å². The largest absolute Gasteiger partial charge is 0.504 e. The molecule has 0 amide bonds. The molecule has 0 radical (unpaired) electrons. The summed E-state index contributed by atoms with van der Waals surface area (Å²) < 4.78 is 10.1. The quantitative estimate of drug-likeness (QED) is 0.833. The highest BCUT2D eigenvalue weighted by atomic mass is 35.5. The highest BCUT2D eigenvalue weighted by molar-refractivity contribution is 6.31. The summed E-state index contributed by atoms with van der Waals surface area (Å²) in [5, 5.41) is 18.9. The second kappa shape index (κ2) is 6.35. The van der Waals surface area contributed by atoms with E-state index >= 15 is 0 Å². The molecule has 0 fully saturated rings. The van der Waals surface area contributed by atoms with Crippen molar-refractivity contribution >= 4 is 17.6 Å². The lowest BCUT2D eigenvalue weighted by atomic mass is 10.1. The van der Waals surface area contributed by atoms with E-state index in [-0.39, 0.29) is 17.9 Å². The topological polar surface area (TPSA) is 76.0 Å². The molecule has 1 aromatic carbocycles. The van der Waals surface area contributed by atoms with Crippen molar-refractivity contribution in [3.63, 3.8) is 0 Å². The molecular formula is C12H15ClO5. The van der Waals surface area contributed by atoms with Crippen molar-refractivity contribution in [1.29, 1.82) is 0 Å². The molecule has 0 aliphatic heterocycles. The normalized spacial score (nSPS) is 10.2. The Morgan fingerprint density at radius 1 is 1.39 bits per heavy atom. The predicted octanol–water partition coefficient (Wildman–Crippen LogP) is 2.47. The molecule has 0 aromatic heterocycles. The number of hydrogen-bond donors (Lipinski definition) is 2. The number of ether oxygens (including phenoxy) is 2. The van der Waals surface area contributed by atoms with Gasteiger partial charge in [-0.3, -0.25) is 4.79 Å². The van der Waals surface area contributed by atoms with Gasteiger partial charge < -0.3 is 19.7 Å². The number of benzene rings is 1. The van der Waals surface area contributed by atoms with Crippen molar-refractivity contribution in [1.82, 2.24) is 0 Å². The predicted molar refractivity (Wildman–Crippen MR) is 66.8 cm³/mol. The Hall–Kier alpha value is -1.62. The van der Waals surface area contributed by atoms with Gasteiger partial charge in [0.1, 0.15) is 0 Å². The number of halogens is 1. The second-order valence-corrected chi connectivity index (χ2v) is 4.08. The van der Waals surface area contributed by atoms with E-state index in [2.05, 4.69) is 0 Å². The van der Waals surface area contributed by atoms with E-state index in [4.69, 9.17) is 26.2 Å². The SMILES string of the molecule is COc1cc(Cl)c(CCCC(=O)O)c(O)c1OC. The molecule has 0 saturated heterocycles. The van der Waals surface area contributed by atoms with E-state index < -0.39 is 5.97 Å². The number of carbonyl (C=O) groups is 1.